The number of hydrogen-bond donors (Lipinski definition) is 0. The summed E-state index contributed by atoms with van der Waals surface area (Å²) in [6.07, 6.45) is 2.04. The highest BCUT2D eigenvalue weighted by atomic mass is 32.1. The van der Waals surface area contributed by atoms with E-state index < -0.39 is 0 Å². The Morgan fingerprint density at radius 1 is 1.13 bits per heavy atom. The Balaban J connectivity index is 1.50. The lowest BCUT2D eigenvalue weighted by Crippen LogP contribution is -2.46. The predicted octanol–water partition coefficient (Wildman–Crippen LogP) is 3.85. The van der Waals surface area contributed by atoms with Crippen LogP contribution in [0, 0.1) is 0 Å². The molecule has 1 fully saturated rings. The van der Waals surface area contributed by atoms with Gasteiger partial charge >= 0.3 is 0 Å². The SMILES string of the molecule is C[C@@H]1CN(c2cc(C(=O)Cc3nc4ccccc4s3)c3c(n2)CCOCC3)C[C@H](C)O1. The number of fused-ring (bicyclic) bond motifs is 2. The second-order valence-corrected chi connectivity index (χ2v) is 9.52. The van der Waals surface area contributed by atoms with E-state index in [1.54, 1.807) is 11.3 Å². The third kappa shape index (κ3) is 4.35. The molecule has 0 bridgehead atoms. The van der Waals surface area contributed by atoms with E-state index in [1.807, 2.05) is 24.3 Å². The smallest absolute Gasteiger partial charge is 0.170 e. The zero-order valence-corrected chi connectivity index (χ0v) is 18.8. The van der Waals surface area contributed by atoms with Crippen molar-refractivity contribution in [3.05, 3.63) is 52.2 Å². The van der Waals surface area contributed by atoms with Gasteiger partial charge in [-0.2, -0.15) is 0 Å². The van der Waals surface area contributed by atoms with Crippen molar-refractivity contribution in [2.24, 2.45) is 0 Å². The number of para-hydroxylation sites is 1. The molecule has 0 amide bonds. The number of thiazole rings is 1. The number of ketones is 1. The third-order valence-electron chi connectivity index (χ3n) is 5.87. The van der Waals surface area contributed by atoms with Crippen LogP contribution in [-0.4, -0.2) is 54.3 Å². The molecule has 3 aromatic rings. The van der Waals surface area contributed by atoms with Crippen LogP contribution >= 0.6 is 11.3 Å². The Bertz CT molecular complexity index is 1070. The summed E-state index contributed by atoms with van der Waals surface area (Å²) >= 11 is 1.60. The molecule has 5 rings (SSSR count). The van der Waals surface area contributed by atoms with Gasteiger partial charge < -0.3 is 14.4 Å². The molecule has 31 heavy (non-hydrogen) atoms. The zero-order chi connectivity index (χ0) is 21.4. The van der Waals surface area contributed by atoms with E-state index in [0.29, 0.717) is 19.6 Å². The molecule has 6 nitrogen and oxygen atoms in total. The Kier molecular flexibility index (Phi) is 5.73. The number of carbonyl (C=O) groups is 1. The van der Waals surface area contributed by atoms with Crippen LogP contribution < -0.4 is 4.90 Å². The lowest BCUT2D eigenvalue weighted by Gasteiger charge is -2.36. The normalized spacial score (nSPS) is 21.7. The summed E-state index contributed by atoms with van der Waals surface area (Å²) in [6.45, 7) is 6.99. The average Bonchev–Trinajstić information content (AvgIpc) is 2.99. The molecule has 162 valence electrons. The molecule has 4 heterocycles. The number of pyridine rings is 1. The topological polar surface area (TPSA) is 64.6 Å². The summed E-state index contributed by atoms with van der Waals surface area (Å²) in [4.78, 5) is 25.4. The lowest BCUT2D eigenvalue weighted by atomic mass is 9.97. The highest BCUT2D eigenvalue weighted by Crippen LogP contribution is 2.28. The molecular weight excluding hydrogens is 410 g/mol. The van der Waals surface area contributed by atoms with Crippen molar-refractivity contribution in [2.45, 2.75) is 45.3 Å². The standard InChI is InChI=1S/C24H27N3O3S/c1-15-13-27(14-16(2)30-15)23-11-18(17-7-9-29-10-8-19(17)25-23)21(28)12-24-26-20-5-3-4-6-22(20)31-24/h3-6,11,15-16H,7-10,12-14H2,1-2H3/t15-,16+. The lowest BCUT2D eigenvalue weighted by molar-refractivity contribution is -0.00547. The summed E-state index contributed by atoms with van der Waals surface area (Å²) in [7, 11) is 0. The van der Waals surface area contributed by atoms with E-state index in [1.165, 1.54) is 0 Å². The average molecular weight is 438 g/mol. The Morgan fingerprint density at radius 2 is 1.90 bits per heavy atom. The first-order valence-corrected chi connectivity index (χ1v) is 11.8. The molecule has 2 atom stereocenters. The molecule has 0 N–H and O–H groups in total. The minimum absolute atomic E-state index is 0.107. The molecule has 0 radical (unpaired) electrons. The van der Waals surface area contributed by atoms with Crippen molar-refractivity contribution in [1.29, 1.82) is 0 Å². The summed E-state index contributed by atoms with van der Waals surface area (Å²) in [6, 6.07) is 10.0. The van der Waals surface area contributed by atoms with E-state index in [9.17, 15) is 4.79 Å². The Hall–Kier alpha value is -2.35. The molecular formula is C24H27N3O3S. The molecule has 2 aliphatic heterocycles. The number of nitrogens with zero attached hydrogens (tertiary/aromatic N) is 3. The largest absolute Gasteiger partial charge is 0.381 e. The van der Waals surface area contributed by atoms with Gasteiger partial charge in [-0.05, 0) is 44.0 Å². The van der Waals surface area contributed by atoms with Gasteiger partial charge in [0.1, 0.15) is 10.8 Å². The van der Waals surface area contributed by atoms with Gasteiger partial charge in [-0.1, -0.05) is 12.1 Å². The second-order valence-electron chi connectivity index (χ2n) is 8.40. The quantitative estimate of drug-likeness (QED) is 0.578. The van der Waals surface area contributed by atoms with Crippen LogP contribution in [0.15, 0.2) is 30.3 Å². The van der Waals surface area contributed by atoms with Crippen LogP contribution in [-0.2, 0) is 28.7 Å². The van der Waals surface area contributed by atoms with E-state index in [2.05, 4.69) is 29.8 Å². The molecule has 1 saturated heterocycles. The van der Waals surface area contributed by atoms with E-state index in [0.717, 1.165) is 63.8 Å². The van der Waals surface area contributed by atoms with Gasteiger partial charge in [0.15, 0.2) is 5.78 Å². The fraction of sp³-hybridized carbons (Fsp3) is 0.458. The van der Waals surface area contributed by atoms with Gasteiger partial charge in [-0.15, -0.1) is 11.3 Å². The number of morpholine rings is 1. The highest BCUT2D eigenvalue weighted by molar-refractivity contribution is 7.18. The molecule has 0 saturated carbocycles. The van der Waals surface area contributed by atoms with Crippen LogP contribution in [0.4, 0.5) is 5.82 Å². The molecule has 0 unspecified atom stereocenters. The Morgan fingerprint density at radius 3 is 2.71 bits per heavy atom. The first kappa shape index (κ1) is 20.5. The van der Waals surface area contributed by atoms with Crippen LogP contribution in [0.25, 0.3) is 10.2 Å². The van der Waals surface area contributed by atoms with Gasteiger partial charge in [0.2, 0.25) is 0 Å². The maximum Gasteiger partial charge on any atom is 0.170 e. The van der Waals surface area contributed by atoms with E-state index in [4.69, 9.17) is 14.5 Å². The van der Waals surface area contributed by atoms with Gasteiger partial charge in [0.25, 0.3) is 0 Å². The van der Waals surface area contributed by atoms with Crippen molar-refractivity contribution < 1.29 is 14.3 Å². The summed E-state index contributed by atoms with van der Waals surface area (Å²) in [5.74, 6) is 0.977. The van der Waals surface area contributed by atoms with Crippen molar-refractivity contribution in [3.63, 3.8) is 0 Å². The number of benzene rings is 1. The zero-order valence-electron chi connectivity index (χ0n) is 18.0. The molecule has 1 aromatic carbocycles. The summed E-state index contributed by atoms with van der Waals surface area (Å²) in [5, 5.41) is 0.858. The molecule has 0 spiro atoms. The van der Waals surface area contributed by atoms with Crippen molar-refractivity contribution >= 4 is 33.2 Å². The molecule has 7 heteroatoms. The summed E-state index contributed by atoms with van der Waals surface area (Å²) < 4.78 is 12.7. The van der Waals surface area contributed by atoms with Gasteiger partial charge in [-0.3, -0.25) is 4.79 Å². The number of ether oxygens (including phenoxy) is 2. The fourth-order valence-electron chi connectivity index (χ4n) is 4.54. The van der Waals surface area contributed by atoms with Crippen molar-refractivity contribution in [2.75, 3.05) is 31.2 Å². The van der Waals surface area contributed by atoms with Crippen LogP contribution in [0.1, 0.15) is 40.5 Å². The minimum Gasteiger partial charge on any atom is -0.381 e. The Labute approximate surface area is 186 Å². The van der Waals surface area contributed by atoms with Gasteiger partial charge in [-0.25, -0.2) is 9.97 Å². The van der Waals surface area contributed by atoms with Crippen LogP contribution in [0.2, 0.25) is 0 Å². The third-order valence-corrected chi connectivity index (χ3v) is 6.91. The number of anilines is 1. The van der Waals surface area contributed by atoms with Crippen LogP contribution in [0.3, 0.4) is 0 Å². The number of Topliss-reactive ketones (excluding diaryl/α,β-unsaturated/α-hetero) is 1. The van der Waals surface area contributed by atoms with Crippen molar-refractivity contribution in [1.82, 2.24) is 9.97 Å². The predicted molar refractivity (Wildman–Crippen MR) is 122 cm³/mol. The number of aromatic nitrogens is 2. The number of rotatable bonds is 4. The maximum absolute atomic E-state index is 13.5. The number of hydrogen-bond acceptors (Lipinski definition) is 7. The van der Waals surface area contributed by atoms with Crippen LogP contribution in [0.5, 0.6) is 0 Å². The number of carbonyl (C=O) groups excluding carboxylic acids is 1. The molecule has 2 aliphatic rings. The molecule has 0 aliphatic carbocycles. The first-order valence-electron chi connectivity index (χ1n) is 11.0. The molecule has 2 aromatic heterocycles. The van der Waals surface area contributed by atoms with E-state index in [-0.39, 0.29) is 18.0 Å². The maximum atomic E-state index is 13.5. The second kappa shape index (κ2) is 8.65. The van der Waals surface area contributed by atoms with Gasteiger partial charge in [0.05, 0.1) is 42.1 Å². The monoisotopic (exact) mass is 437 g/mol. The minimum atomic E-state index is 0.107. The van der Waals surface area contributed by atoms with Gasteiger partial charge in [0, 0.05) is 30.8 Å². The fourth-order valence-corrected chi connectivity index (χ4v) is 5.51. The van der Waals surface area contributed by atoms with E-state index >= 15 is 0 Å². The van der Waals surface area contributed by atoms with Crippen molar-refractivity contribution in [3.8, 4) is 0 Å². The summed E-state index contributed by atoms with van der Waals surface area (Å²) in [5.41, 5.74) is 3.77. The first-order chi connectivity index (χ1) is 15.1. The highest BCUT2D eigenvalue weighted by Gasteiger charge is 2.27.